The van der Waals surface area contributed by atoms with Crippen molar-refractivity contribution < 1.29 is 19.1 Å². The number of benzene rings is 1. The lowest BCUT2D eigenvalue weighted by Crippen LogP contribution is -2.46. The van der Waals surface area contributed by atoms with Gasteiger partial charge in [0.05, 0.1) is 31.2 Å². The second kappa shape index (κ2) is 6.91. The molecule has 3 rings (SSSR count). The molecule has 0 aromatic heterocycles. The van der Waals surface area contributed by atoms with E-state index in [0.29, 0.717) is 36.6 Å². The van der Waals surface area contributed by atoms with Crippen LogP contribution in [0, 0.1) is 5.92 Å². The van der Waals surface area contributed by atoms with Gasteiger partial charge in [-0.05, 0) is 50.2 Å². The molecule has 1 atom stereocenters. The predicted molar refractivity (Wildman–Crippen MR) is 88.7 cm³/mol. The van der Waals surface area contributed by atoms with E-state index in [1.165, 1.54) is 12.0 Å². The van der Waals surface area contributed by atoms with Gasteiger partial charge in [-0.25, -0.2) is 4.90 Å². The summed E-state index contributed by atoms with van der Waals surface area (Å²) in [6, 6.07) is 6.21. The summed E-state index contributed by atoms with van der Waals surface area (Å²) < 4.78 is 4.78. The Morgan fingerprint density at radius 3 is 2.38 bits per heavy atom. The summed E-state index contributed by atoms with van der Waals surface area (Å²) in [6.07, 6.45) is 1.46. The fourth-order valence-corrected chi connectivity index (χ4v) is 3.50. The SMILES string of the molecule is COC(=O)C1CCN([C@@H]2CC(=O)N(c3ccc(Cl)cc3)C2=O)CC1. The van der Waals surface area contributed by atoms with E-state index in [-0.39, 0.29) is 30.1 Å². The Morgan fingerprint density at radius 1 is 1.17 bits per heavy atom. The summed E-state index contributed by atoms with van der Waals surface area (Å²) in [5.41, 5.74) is 0.543. The Balaban J connectivity index is 1.68. The van der Waals surface area contributed by atoms with Gasteiger partial charge < -0.3 is 4.74 Å². The molecule has 0 aliphatic carbocycles. The molecule has 7 heteroatoms. The fourth-order valence-electron chi connectivity index (χ4n) is 3.38. The molecule has 2 amide bonds. The van der Waals surface area contributed by atoms with Crippen molar-refractivity contribution in [2.75, 3.05) is 25.1 Å². The maximum atomic E-state index is 12.7. The molecular formula is C17H19ClN2O4. The van der Waals surface area contributed by atoms with Gasteiger partial charge in [-0.15, -0.1) is 0 Å². The number of methoxy groups -OCH3 is 1. The second-order valence-corrected chi connectivity index (χ2v) is 6.53. The Labute approximate surface area is 145 Å². The van der Waals surface area contributed by atoms with Crippen molar-refractivity contribution in [3.63, 3.8) is 0 Å². The minimum Gasteiger partial charge on any atom is -0.469 e. The van der Waals surface area contributed by atoms with Crippen LogP contribution in [0.4, 0.5) is 5.69 Å². The minimum absolute atomic E-state index is 0.120. The lowest BCUT2D eigenvalue weighted by atomic mass is 9.95. The number of nitrogens with zero attached hydrogens (tertiary/aromatic N) is 2. The molecule has 1 aromatic carbocycles. The van der Waals surface area contributed by atoms with E-state index in [0.717, 1.165) is 0 Å². The zero-order chi connectivity index (χ0) is 17.3. The van der Waals surface area contributed by atoms with Crippen molar-refractivity contribution in [2.45, 2.75) is 25.3 Å². The van der Waals surface area contributed by atoms with E-state index in [9.17, 15) is 14.4 Å². The summed E-state index contributed by atoms with van der Waals surface area (Å²) in [4.78, 5) is 39.8. The average Bonchev–Trinajstić information content (AvgIpc) is 2.90. The first-order valence-electron chi connectivity index (χ1n) is 7.95. The molecule has 2 aliphatic rings. The van der Waals surface area contributed by atoms with Crippen LogP contribution in [-0.4, -0.2) is 48.9 Å². The molecule has 0 radical (unpaired) electrons. The standard InChI is InChI=1S/C17H19ClN2O4/c1-24-17(23)11-6-8-19(9-7-11)14-10-15(21)20(16(14)22)13-4-2-12(18)3-5-13/h2-5,11,14H,6-10H2,1H3/t14-/m1/s1. The van der Waals surface area contributed by atoms with Crippen LogP contribution in [0.15, 0.2) is 24.3 Å². The van der Waals surface area contributed by atoms with Crippen molar-refractivity contribution in [1.82, 2.24) is 4.90 Å². The fraction of sp³-hybridized carbons (Fsp3) is 0.471. The third-order valence-corrected chi connectivity index (χ3v) is 4.96. The number of imide groups is 1. The number of hydrogen-bond acceptors (Lipinski definition) is 5. The molecule has 0 unspecified atom stereocenters. The zero-order valence-electron chi connectivity index (χ0n) is 13.4. The normalized spacial score (nSPS) is 22.9. The number of hydrogen-bond donors (Lipinski definition) is 0. The number of rotatable bonds is 3. The first-order valence-corrected chi connectivity index (χ1v) is 8.33. The Hall–Kier alpha value is -1.92. The molecule has 1 aromatic rings. The molecule has 2 heterocycles. The number of halogens is 1. The second-order valence-electron chi connectivity index (χ2n) is 6.10. The topological polar surface area (TPSA) is 66.9 Å². The number of piperidine rings is 1. The van der Waals surface area contributed by atoms with Crippen LogP contribution in [0.3, 0.4) is 0 Å². The van der Waals surface area contributed by atoms with Gasteiger partial charge >= 0.3 is 5.97 Å². The van der Waals surface area contributed by atoms with Gasteiger partial charge in [-0.3, -0.25) is 19.3 Å². The van der Waals surface area contributed by atoms with Crippen LogP contribution in [0.25, 0.3) is 0 Å². The Kier molecular flexibility index (Phi) is 4.87. The molecule has 2 fully saturated rings. The van der Waals surface area contributed by atoms with Gasteiger partial charge in [-0.1, -0.05) is 11.6 Å². The van der Waals surface area contributed by atoms with E-state index in [2.05, 4.69) is 0 Å². The first-order chi connectivity index (χ1) is 11.5. The minimum atomic E-state index is -0.452. The Bertz CT molecular complexity index is 653. The predicted octanol–water partition coefficient (Wildman–Crippen LogP) is 1.86. The van der Waals surface area contributed by atoms with Gasteiger partial charge in [0.15, 0.2) is 0 Å². The molecule has 0 saturated carbocycles. The van der Waals surface area contributed by atoms with Gasteiger partial charge in [-0.2, -0.15) is 0 Å². The summed E-state index contributed by atoms with van der Waals surface area (Å²) in [5, 5.41) is 0.555. The lowest BCUT2D eigenvalue weighted by molar-refractivity contribution is -0.147. The maximum Gasteiger partial charge on any atom is 0.308 e. The molecule has 6 nitrogen and oxygen atoms in total. The third-order valence-electron chi connectivity index (χ3n) is 4.71. The van der Waals surface area contributed by atoms with Crippen LogP contribution in [0.2, 0.25) is 5.02 Å². The molecule has 0 bridgehead atoms. The maximum absolute atomic E-state index is 12.7. The van der Waals surface area contributed by atoms with E-state index >= 15 is 0 Å². The number of carbonyl (C=O) groups is 3. The van der Waals surface area contributed by atoms with Crippen molar-refractivity contribution in [3.05, 3.63) is 29.3 Å². The quantitative estimate of drug-likeness (QED) is 0.615. The number of esters is 1. The van der Waals surface area contributed by atoms with Crippen LogP contribution < -0.4 is 4.90 Å². The van der Waals surface area contributed by atoms with Gasteiger partial charge in [0.2, 0.25) is 5.91 Å². The largest absolute Gasteiger partial charge is 0.469 e. The summed E-state index contributed by atoms with van der Waals surface area (Å²) in [5.74, 6) is -0.738. The number of likely N-dealkylation sites (tertiary alicyclic amines) is 1. The van der Waals surface area contributed by atoms with Crippen LogP contribution in [0.5, 0.6) is 0 Å². The van der Waals surface area contributed by atoms with Gasteiger partial charge in [0, 0.05) is 5.02 Å². The number of amides is 2. The van der Waals surface area contributed by atoms with Crippen molar-refractivity contribution in [1.29, 1.82) is 0 Å². The summed E-state index contributed by atoms with van der Waals surface area (Å²) in [6.45, 7) is 1.22. The monoisotopic (exact) mass is 350 g/mol. The van der Waals surface area contributed by atoms with Gasteiger partial charge in [0.25, 0.3) is 5.91 Å². The van der Waals surface area contributed by atoms with E-state index in [1.807, 2.05) is 4.90 Å². The molecule has 24 heavy (non-hydrogen) atoms. The molecule has 2 aliphatic heterocycles. The Morgan fingerprint density at radius 2 is 1.79 bits per heavy atom. The van der Waals surface area contributed by atoms with E-state index in [4.69, 9.17) is 16.3 Å². The van der Waals surface area contributed by atoms with Crippen molar-refractivity contribution in [3.8, 4) is 0 Å². The highest BCUT2D eigenvalue weighted by molar-refractivity contribution is 6.30. The van der Waals surface area contributed by atoms with Crippen molar-refractivity contribution in [2.24, 2.45) is 5.92 Å². The third kappa shape index (κ3) is 3.16. The molecule has 2 saturated heterocycles. The van der Waals surface area contributed by atoms with Gasteiger partial charge in [0.1, 0.15) is 0 Å². The first kappa shape index (κ1) is 16.9. The van der Waals surface area contributed by atoms with Crippen molar-refractivity contribution >= 4 is 35.1 Å². The number of ether oxygens (including phenoxy) is 1. The molecule has 0 spiro atoms. The van der Waals surface area contributed by atoms with Crippen LogP contribution in [0.1, 0.15) is 19.3 Å². The van der Waals surface area contributed by atoms with E-state index < -0.39 is 6.04 Å². The van der Waals surface area contributed by atoms with E-state index in [1.54, 1.807) is 24.3 Å². The average molecular weight is 351 g/mol. The lowest BCUT2D eigenvalue weighted by Gasteiger charge is -2.33. The highest BCUT2D eigenvalue weighted by Gasteiger charge is 2.43. The summed E-state index contributed by atoms with van der Waals surface area (Å²) in [7, 11) is 1.39. The molecule has 128 valence electrons. The summed E-state index contributed by atoms with van der Waals surface area (Å²) >= 11 is 5.86. The molecular weight excluding hydrogens is 332 g/mol. The number of carbonyl (C=O) groups excluding carboxylic acids is 3. The zero-order valence-corrected chi connectivity index (χ0v) is 14.2. The molecule has 0 N–H and O–H groups in total. The van der Waals surface area contributed by atoms with Crippen LogP contribution >= 0.6 is 11.6 Å². The highest BCUT2D eigenvalue weighted by Crippen LogP contribution is 2.29. The van der Waals surface area contributed by atoms with Crippen LogP contribution in [-0.2, 0) is 19.1 Å². The highest BCUT2D eigenvalue weighted by atomic mass is 35.5. The number of anilines is 1. The smallest absolute Gasteiger partial charge is 0.308 e.